The van der Waals surface area contributed by atoms with Gasteiger partial charge in [0.05, 0.1) is 5.41 Å². The Morgan fingerprint density at radius 1 is 0.213 bits per heavy atom. The Kier molecular flexibility index (Phi) is 2.32. The number of hydrogen-bond acceptors (Lipinski definition) is 0. The van der Waals surface area contributed by atoms with E-state index in [4.69, 9.17) is 0 Å². The maximum Gasteiger partial charge on any atom is 0.0510 e. The molecule has 0 heteroatoms. The van der Waals surface area contributed by atoms with Gasteiger partial charge in [0.25, 0.3) is 0 Å². The molecule has 75 heavy (non-hydrogen) atoms. The molecule has 30 aromatic rings. The molecule has 7 aliphatic rings. The molecule has 37 rings (SSSR count). The summed E-state index contributed by atoms with van der Waals surface area (Å²) in [5.74, 6) is 0.169. The third kappa shape index (κ3) is 1.45. The summed E-state index contributed by atoms with van der Waals surface area (Å²) in [6.45, 7) is 2.85. The molecule has 0 aromatic heterocycles. The Balaban J connectivity index is 1.15. The molecular formula is C75H12. The molecule has 0 N–H and O–H groups in total. The van der Waals surface area contributed by atoms with E-state index in [1.165, 1.54) is 0 Å². The van der Waals surface area contributed by atoms with Gasteiger partial charge in [0.15, 0.2) is 0 Å². The summed E-state index contributed by atoms with van der Waals surface area (Å²) in [5.41, 5.74) is 12.5. The van der Waals surface area contributed by atoms with Crippen LogP contribution in [0.3, 0.4) is 0 Å². The van der Waals surface area contributed by atoms with E-state index in [1.54, 1.807) is 335 Å². The van der Waals surface area contributed by atoms with Gasteiger partial charge in [-0.05, 0) is 335 Å². The lowest BCUT2D eigenvalue weighted by atomic mass is 9.29. The van der Waals surface area contributed by atoms with Crippen molar-refractivity contribution in [3.05, 3.63) is 93.0 Å². The van der Waals surface area contributed by atoms with Crippen molar-refractivity contribution in [1.82, 2.24) is 0 Å². The highest BCUT2D eigenvalue weighted by Gasteiger charge is 2.81. The molecule has 0 atom stereocenters. The van der Waals surface area contributed by atoms with Crippen LogP contribution in [-0.4, -0.2) is 0 Å². The first-order valence-electron chi connectivity index (χ1n) is 28.3. The average molecular weight is 913 g/mol. The van der Waals surface area contributed by atoms with E-state index >= 15 is 0 Å². The zero-order valence-corrected chi connectivity index (χ0v) is 38.7. The minimum Gasteiger partial charge on any atom is -0.0620 e. The van der Waals surface area contributed by atoms with Crippen molar-refractivity contribution >= 4 is 291 Å². The minimum absolute atomic E-state index is 0.169. The van der Waals surface area contributed by atoms with Crippen LogP contribution >= 0.6 is 0 Å². The van der Waals surface area contributed by atoms with E-state index in [2.05, 4.69) is 55.5 Å². The van der Waals surface area contributed by atoms with Gasteiger partial charge in [-0.15, -0.1) is 0 Å². The zero-order valence-electron chi connectivity index (χ0n) is 38.7. The number of hydrogen-bond donors (Lipinski definition) is 0. The lowest BCUT2D eigenvalue weighted by Gasteiger charge is -2.71. The van der Waals surface area contributed by atoms with Crippen molar-refractivity contribution in [2.24, 2.45) is 0 Å². The van der Waals surface area contributed by atoms with Crippen LogP contribution in [0.2, 0.25) is 0 Å². The van der Waals surface area contributed by atoms with Gasteiger partial charge in [-0.1, -0.05) is 55.5 Å². The smallest absolute Gasteiger partial charge is 0.0510 e. The van der Waals surface area contributed by atoms with Crippen LogP contribution < -0.4 is 0 Å². The van der Waals surface area contributed by atoms with Gasteiger partial charge in [0.2, 0.25) is 0 Å². The van der Waals surface area contributed by atoms with Crippen LogP contribution in [-0.2, 0) is 16.2 Å². The van der Waals surface area contributed by atoms with Crippen molar-refractivity contribution in [2.75, 3.05) is 0 Å². The maximum absolute atomic E-state index is 2.85. The molecule has 0 saturated carbocycles. The molecule has 7 aliphatic carbocycles. The van der Waals surface area contributed by atoms with Crippen LogP contribution in [0.5, 0.6) is 0 Å². The normalized spacial score (nSPS) is 24.9. The molecule has 0 fully saturated rings. The zero-order chi connectivity index (χ0) is 44.5. The summed E-state index contributed by atoms with van der Waals surface area (Å²) in [4.78, 5) is 0. The Labute approximate surface area is 410 Å². The highest BCUT2D eigenvalue weighted by molar-refractivity contribution is 6.82. The van der Waals surface area contributed by atoms with Gasteiger partial charge in [0.1, 0.15) is 0 Å². The molecule has 312 valence electrons. The fourth-order valence-corrected chi connectivity index (χ4v) is 28.3. The first-order chi connectivity index (χ1) is 37.3. The third-order valence-corrected chi connectivity index (χ3v) is 28.2. The molecule has 0 radical (unpaired) electrons. The number of benzene rings is 20. The predicted molar refractivity (Wildman–Crippen MR) is 315 cm³/mol. The Morgan fingerprint density at radius 2 is 0.387 bits per heavy atom. The summed E-state index contributed by atoms with van der Waals surface area (Å²) >= 11 is 0. The molecule has 0 aliphatic heterocycles. The predicted octanol–water partition coefficient (Wildman–Crippen LogP) is 19.8. The molecule has 0 amide bonds. The van der Waals surface area contributed by atoms with Gasteiger partial charge in [0, 0.05) is 16.7 Å². The van der Waals surface area contributed by atoms with Gasteiger partial charge in [-0.2, -0.15) is 0 Å². The summed E-state index contributed by atoms with van der Waals surface area (Å²) in [5, 5.41) is 90.6. The summed E-state index contributed by atoms with van der Waals surface area (Å²) in [7, 11) is 0. The second-order valence-corrected chi connectivity index (χ2v) is 28.0. The van der Waals surface area contributed by atoms with E-state index in [0.717, 1.165) is 0 Å². The van der Waals surface area contributed by atoms with Crippen LogP contribution in [0.1, 0.15) is 57.3 Å². The van der Waals surface area contributed by atoms with Crippen LogP contribution in [0.25, 0.3) is 291 Å². The van der Waals surface area contributed by atoms with E-state index < -0.39 is 0 Å². The van der Waals surface area contributed by atoms with Gasteiger partial charge < -0.3 is 0 Å². The second-order valence-electron chi connectivity index (χ2n) is 28.0. The third-order valence-electron chi connectivity index (χ3n) is 28.2. The standard InChI is InChI=1S/C75H12/c1-73-12-8-4-2-6-10(12)68(11-7-3-5-9-13(11)73)74-69-60-52-42-32-24-16-14-15-18-22-20(16)28-36-30(22)40-34-26(18)27-19(15)23-21-17(14)25(24)33-39-29(21)37-31(23)41-35(27)45-44(34)56-50(40)58-48(36)54(46(52)38(28)32)62(69)64(58)71-66(56)67-57(45)51(41)59-49(37)55-47(39)53(43(33)42)61(60)70(74)63(55)65(59)72(67)75(71,73)74/h2-9,68H,1H3. The van der Waals surface area contributed by atoms with Crippen LogP contribution in [0.15, 0.2) is 48.5 Å². The van der Waals surface area contributed by atoms with Crippen molar-refractivity contribution in [2.45, 2.75) is 29.1 Å². The molecule has 2 bridgehead atoms. The van der Waals surface area contributed by atoms with Gasteiger partial charge >= 0.3 is 0 Å². The summed E-state index contributed by atoms with van der Waals surface area (Å²) < 4.78 is 0. The largest absolute Gasteiger partial charge is 0.0620 e. The van der Waals surface area contributed by atoms with Crippen LogP contribution in [0.4, 0.5) is 0 Å². The first-order valence-corrected chi connectivity index (χ1v) is 28.3. The highest BCUT2D eigenvalue weighted by atomic mass is 14.8. The first kappa shape index (κ1) is 27.8. The lowest BCUT2D eigenvalue weighted by molar-refractivity contribution is 0.153. The fourth-order valence-electron chi connectivity index (χ4n) is 28.3. The van der Waals surface area contributed by atoms with E-state index in [0.29, 0.717) is 0 Å². The fraction of sp³-hybridized carbons (Fsp3) is 0.0667. The minimum atomic E-state index is -0.376. The molecule has 2 spiro atoms. The number of rotatable bonds is 0. The molecule has 0 unspecified atom stereocenters. The molecule has 30 aromatic carbocycles. The average Bonchev–Trinajstić information content (AvgIpc) is 3.80. The van der Waals surface area contributed by atoms with E-state index in [-0.39, 0.29) is 22.2 Å². The topological polar surface area (TPSA) is 0 Å². The highest BCUT2D eigenvalue weighted by Crippen LogP contribution is 2.90. The van der Waals surface area contributed by atoms with Crippen molar-refractivity contribution in [3.63, 3.8) is 0 Å². The van der Waals surface area contributed by atoms with Crippen molar-refractivity contribution in [3.8, 4) is 0 Å². The maximum atomic E-state index is 2.85. The van der Waals surface area contributed by atoms with Crippen molar-refractivity contribution < 1.29 is 0 Å². The van der Waals surface area contributed by atoms with Crippen LogP contribution in [0, 0.1) is 0 Å². The van der Waals surface area contributed by atoms with Crippen molar-refractivity contribution in [1.29, 1.82) is 0 Å². The molecular weight excluding hydrogens is 901 g/mol. The Hall–Kier alpha value is -9.10. The quantitative estimate of drug-likeness (QED) is 0.133. The molecule has 0 nitrogen and oxygen atoms in total. The van der Waals surface area contributed by atoms with E-state index in [1.807, 2.05) is 0 Å². The van der Waals surface area contributed by atoms with Gasteiger partial charge in [-0.3, -0.25) is 0 Å². The monoisotopic (exact) mass is 912 g/mol. The van der Waals surface area contributed by atoms with E-state index in [9.17, 15) is 0 Å². The van der Waals surface area contributed by atoms with Gasteiger partial charge in [-0.25, -0.2) is 0 Å². The molecule has 0 heterocycles. The summed E-state index contributed by atoms with van der Waals surface area (Å²) in [6.07, 6.45) is 0. The second kappa shape index (κ2) is 6.25. The Bertz CT molecular complexity index is 7660. The SMILES string of the molecule is CC12c3ccccc3C(c3ccccc31)C13c4c5c6c7c8c9c(c%10c%11c1c1c4c4c%12c5c5c6c6c8c8c%13c9c9c%10c%10c%11c%11c1c1c4c4c%12c%12c5c5c6c8c6c8c%13c9c9c%10c%10c%11c1c1c4c4c%12c5c6c5c8c9c%10c1c45)C723. The molecule has 0 saturated heterocycles. The summed E-state index contributed by atoms with van der Waals surface area (Å²) in [6, 6.07) is 20.3. The lowest BCUT2D eigenvalue weighted by Crippen LogP contribution is -2.70. The Morgan fingerprint density at radius 3 is 0.600 bits per heavy atom.